The molecule has 0 fully saturated rings. The Morgan fingerprint density at radius 3 is 2.27 bits per heavy atom. The van der Waals surface area contributed by atoms with Gasteiger partial charge in [-0.15, -0.1) is 0 Å². The van der Waals surface area contributed by atoms with E-state index in [2.05, 4.69) is 35.6 Å². The molecule has 0 bridgehead atoms. The molecule has 0 saturated carbocycles. The van der Waals surface area contributed by atoms with Crippen molar-refractivity contribution in [2.45, 2.75) is 13.1 Å². The summed E-state index contributed by atoms with van der Waals surface area (Å²) in [6, 6.07) is 40.7. The number of para-hydroxylation sites is 1. The van der Waals surface area contributed by atoms with E-state index in [1.807, 2.05) is 104 Å². The summed E-state index contributed by atoms with van der Waals surface area (Å²) in [7, 11) is 0. The predicted molar refractivity (Wildman–Crippen MR) is 180 cm³/mol. The molecule has 0 spiro atoms. The van der Waals surface area contributed by atoms with Crippen LogP contribution in [-0.4, -0.2) is 11.7 Å². The number of furan rings is 2. The lowest BCUT2D eigenvalue weighted by Crippen LogP contribution is -2.36. The number of fused-ring (bicyclic) bond motifs is 4. The van der Waals surface area contributed by atoms with Crippen LogP contribution in [0.2, 0.25) is 0 Å². The van der Waals surface area contributed by atoms with Crippen LogP contribution >= 0.6 is 0 Å². The molecule has 2 aromatic heterocycles. The number of nitrogens with zero attached hydrogens (tertiary/aromatic N) is 2. The van der Waals surface area contributed by atoms with Gasteiger partial charge in [-0.2, -0.15) is 0 Å². The number of hydrogen-bond donors (Lipinski definition) is 2. The van der Waals surface area contributed by atoms with Crippen molar-refractivity contribution < 1.29 is 8.83 Å². The number of hydrogen-bond acceptors (Lipinski definition) is 6. The highest BCUT2D eigenvalue weighted by atomic mass is 16.3. The van der Waals surface area contributed by atoms with E-state index in [0.717, 1.165) is 66.6 Å². The number of rotatable bonds is 5. The first-order valence-corrected chi connectivity index (χ1v) is 14.6. The third-order valence-corrected chi connectivity index (χ3v) is 8.13. The maximum Gasteiger partial charge on any atom is 0.199 e. The minimum absolute atomic E-state index is 0.335. The highest BCUT2D eigenvalue weighted by Crippen LogP contribution is 2.40. The predicted octanol–water partition coefficient (Wildman–Crippen LogP) is 9.13. The maximum atomic E-state index is 6.63. The van der Waals surface area contributed by atoms with Gasteiger partial charge < -0.3 is 19.9 Å². The van der Waals surface area contributed by atoms with E-state index in [1.165, 1.54) is 0 Å². The van der Waals surface area contributed by atoms with Gasteiger partial charge in [-0.05, 0) is 47.9 Å². The quantitative estimate of drug-likeness (QED) is 0.215. The summed E-state index contributed by atoms with van der Waals surface area (Å²) < 4.78 is 12.4. The Hall–Kier alpha value is -5.88. The van der Waals surface area contributed by atoms with E-state index >= 15 is 0 Å². The van der Waals surface area contributed by atoms with Crippen molar-refractivity contribution in [3.8, 4) is 11.1 Å². The number of anilines is 1. The monoisotopic (exact) mass is 572 g/mol. The molecule has 0 aliphatic carbocycles. The highest BCUT2D eigenvalue weighted by Gasteiger charge is 2.26. The molecule has 1 aliphatic heterocycles. The minimum Gasteiger partial charge on any atom is -0.456 e. The van der Waals surface area contributed by atoms with E-state index in [1.54, 1.807) is 0 Å². The topological polar surface area (TPSA) is 89.0 Å². The summed E-state index contributed by atoms with van der Waals surface area (Å²) in [5, 5.41) is 6.57. The average Bonchev–Trinajstić information content (AvgIpc) is 3.62. The third kappa shape index (κ3) is 4.27. The first-order valence-electron chi connectivity index (χ1n) is 14.6. The molecular weight excluding hydrogens is 544 g/mol. The van der Waals surface area contributed by atoms with Gasteiger partial charge >= 0.3 is 0 Å². The second-order valence-electron chi connectivity index (χ2n) is 10.8. The molecule has 3 N–H and O–H groups in total. The molecule has 0 saturated heterocycles. The SMILES string of the molecule is C/C=C(/C1=NC(c2ccccc2)N=C(c2ccccc2)N1)c1c(N)oc2cc(-c3cccc4oc5ccccc5c34)ccc12. The molecule has 8 rings (SSSR count). The van der Waals surface area contributed by atoms with E-state index in [4.69, 9.17) is 24.6 Å². The van der Waals surface area contributed by atoms with Crippen LogP contribution in [0, 0.1) is 0 Å². The van der Waals surface area contributed by atoms with Gasteiger partial charge in [0, 0.05) is 27.3 Å². The molecule has 1 unspecified atom stereocenters. The molecule has 212 valence electrons. The van der Waals surface area contributed by atoms with Crippen molar-refractivity contribution in [2.75, 3.05) is 5.73 Å². The normalized spacial score (nSPS) is 15.4. The van der Waals surface area contributed by atoms with Gasteiger partial charge in [0.2, 0.25) is 0 Å². The van der Waals surface area contributed by atoms with Gasteiger partial charge in [0.1, 0.15) is 28.4 Å². The van der Waals surface area contributed by atoms with Gasteiger partial charge in [0.15, 0.2) is 12.0 Å². The Kier molecular flexibility index (Phi) is 6.12. The Balaban J connectivity index is 1.23. The molecule has 6 heteroatoms. The van der Waals surface area contributed by atoms with Crippen LogP contribution < -0.4 is 11.1 Å². The van der Waals surface area contributed by atoms with Crippen LogP contribution in [0.15, 0.2) is 146 Å². The van der Waals surface area contributed by atoms with E-state index in [0.29, 0.717) is 17.3 Å². The third-order valence-electron chi connectivity index (χ3n) is 8.13. The molecular formula is C38H28N4O2. The summed E-state index contributed by atoms with van der Waals surface area (Å²) in [6.07, 6.45) is 1.61. The molecule has 7 aromatic rings. The van der Waals surface area contributed by atoms with Crippen molar-refractivity contribution in [3.63, 3.8) is 0 Å². The largest absolute Gasteiger partial charge is 0.456 e. The fourth-order valence-electron chi connectivity index (χ4n) is 6.08. The lowest BCUT2D eigenvalue weighted by atomic mass is 9.96. The van der Waals surface area contributed by atoms with Gasteiger partial charge in [-0.1, -0.05) is 103 Å². The van der Waals surface area contributed by atoms with Crippen LogP contribution in [0.3, 0.4) is 0 Å². The molecule has 1 atom stereocenters. The molecule has 0 radical (unpaired) electrons. The van der Waals surface area contributed by atoms with Crippen molar-refractivity contribution in [3.05, 3.63) is 144 Å². The average molecular weight is 573 g/mol. The molecule has 3 heterocycles. The summed E-state index contributed by atoms with van der Waals surface area (Å²) in [4.78, 5) is 10.0. The van der Waals surface area contributed by atoms with Gasteiger partial charge in [-0.25, -0.2) is 9.98 Å². The first kappa shape index (κ1) is 25.8. The maximum absolute atomic E-state index is 6.63. The number of amidine groups is 2. The number of allylic oxidation sites excluding steroid dienone is 1. The first-order chi connectivity index (χ1) is 21.7. The molecule has 5 aromatic carbocycles. The second-order valence-corrected chi connectivity index (χ2v) is 10.8. The van der Waals surface area contributed by atoms with Crippen molar-refractivity contribution >= 4 is 56.0 Å². The van der Waals surface area contributed by atoms with Crippen molar-refractivity contribution in [2.24, 2.45) is 9.98 Å². The standard InChI is InChI=1S/C38H28N4O2/c1-2-26(38-41-36(23-12-5-3-6-13-23)40-37(42-38)24-14-7-4-8-15-24)34-29-21-20-25(22-32(29)44-35(34)39)27-17-11-19-31-33(27)28-16-9-10-18-30(28)43-31/h2-22,36H,39H2,1H3,(H,40,41,42)/b26-2+. The minimum atomic E-state index is -0.408. The Bertz CT molecular complexity index is 2270. The second kappa shape index (κ2) is 10.4. The van der Waals surface area contributed by atoms with Crippen LogP contribution in [0.1, 0.15) is 29.8 Å². The lowest BCUT2D eigenvalue weighted by molar-refractivity contribution is 0.636. The summed E-state index contributed by atoms with van der Waals surface area (Å²) in [5.41, 5.74) is 14.8. The smallest absolute Gasteiger partial charge is 0.199 e. The zero-order chi connectivity index (χ0) is 29.6. The molecule has 1 aliphatic rings. The van der Waals surface area contributed by atoms with Crippen LogP contribution in [0.25, 0.3) is 49.6 Å². The van der Waals surface area contributed by atoms with E-state index in [-0.39, 0.29) is 0 Å². The van der Waals surface area contributed by atoms with Crippen molar-refractivity contribution in [1.82, 2.24) is 5.32 Å². The van der Waals surface area contributed by atoms with Gasteiger partial charge in [0.05, 0.1) is 5.56 Å². The molecule has 6 nitrogen and oxygen atoms in total. The number of nitrogens with two attached hydrogens (primary N) is 1. The summed E-state index contributed by atoms with van der Waals surface area (Å²) >= 11 is 0. The Morgan fingerprint density at radius 1 is 0.705 bits per heavy atom. The fraction of sp³-hybridized carbons (Fsp3) is 0.0526. The van der Waals surface area contributed by atoms with E-state index < -0.39 is 6.17 Å². The van der Waals surface area contributed by atoms with Crippen molar-refractivity contribution in [1.29, 1.82) is 0 Å². The molecule has 0 amide bonds. The summed E-state index contributed by atoms with van der Waals surface area (Å²) in [5.74, 6) is 1.77. The number of nitrogens with one attached hydrogen (secondary N) is 1. The van der Waals surface area contributed by atoms with Gasteiger partial charge in [-0.3, -0.25) is 0 Å². The lowest BCUT2D eigenvalue weighted by Gasteiger charge is -2.23. The van der Waals surface area contributed by atoms with Crippen LogP contribution in [-0.2, 0) is 0 Å². The zero-order valence-corrected chi connectivity index (χ0v) is 24.0. The van der Waals surface area contributed by atoms with Crippen LogP contribution in [0.5, 0.6) is 0 Å². The Labute approximate surface area is 253 Å². The molecule has 44 heavy (non-hydrogen) atoms. The van der Waals surface area contributed by atoms with E-state index in [9.17, 15) is 0 Å². The number of aliphatic imine (C=N–C) groups is 2. The number of benzene rings is 5. The Morgan fingerprint density at radius 2 is 1.45 bits per heavy atom. The summed E-state index contributed by atoms with van der Waals surface area (Å²) in [6.45, 7) is 1.99. The number of nitrogen functional groups attached to an aromatic ring is 1. The zero-order valence-electron chi connectivity index (χ0n) is 24.0. The van der Waals surface area contributed by atoms with Gasteiger partial charge in [0.25, 0.3) is 0 Å². The van der Waals surface area contributed by atoms with Crippen LogP contribution in [0.4, 0.5) is 5.88 Å². The highest BCUT2D eigenvalue weighted by molar-refractivity contribution is 6.32. The fourth-order valence-corrected chi connectivity index (χ4v) is 6.08.